The molecule has 0 saturated carbocycles. The van der Waals surface area contributed by atoms with Crippen LogP contribution in [0.1, 0.15) is 39.2 Å². The Bertz CT molecular complexity index is 401. The van der Waals surface area contributed by atoms with Gasteiger partial charge in [0.25, 0.3) is 0 Å². The first-order valence-electron chi connectivity index (χ1n) is 6.69. The van der Waals surface area contributed by atoms with Crippen molar-refractivity contribution in [1.29, 1.82) is 0 Å². The molecule has 1 aromatic carbocycles. The van der Waals surface area contributed by atoms with Crippen LogP contribution in [0.2, 0.25) is 5.02 Å². The quantitative estimate of drug-likeness (QED) is 0.815. The maximum absolute atomic E-state index is 6.19. The van der Waals surface area contributed by atoms with E-state index in [9.17, 15) is 0 Å². The molecule has 0 radical (unpaired) electrons. The van der Waals surface area contributed by atoms with Crippen LogP contribution in [0.3, 0.4) is 0 Å². The molecule has 1 aliphatic rings. The number of hydrogen-bond acceptors (Lipinski definition) is 2. The molecular formula is C15H21ClO2. The van der Waals surface area contributed by atoms with Crippen molar-refractivity contribution in [3.63, 3.8) is 0 Å². The lowest BCUT2D eigenvalue weighted by Gasteiger charge is -2.25. The van der Waals surface area contributed by atoms with E-state index in [2.05, 4.69) is 26.8 Å². The maximum atomic E-state index is 6.19. The molecule has 0 N–H and O–H groups in total. The third kappa shape index (κ3) is 2.71. The Hall–Kier alpha value is -0.570. The summed E-state index contributed by atoms with van der Waals surface area (Å²) in [6, 6.07) is 7.93. The van der Waals surface area contributed by atoms with E-state index >= 15 is 0 Å². The molecule has 0 spiro atoms. The minimum Gasteiger partial charge on any atom is -0.344 e. The van der Waals surface area contributed by atoms with Crippen molar-refractivity contribution in [3.05, 3.63) is 34.9 Å². The molecule has 1 fully saturated rings. The lowest BCUT2D eigenvalue weighted by atomic mass is 10.0. The van der Waals surface area contributed by atoms with E-state index < -0.39 is 5.79 Å². The largest absolute Gasteiger partial charge is 0.344 e. The highest BCUT2D eigenvalue weighted by atomic mass is 35.5. The summed E-state index contributed by atoms with van der Waals surface area (Å²) >= 11 is 6.19. The van der Waals surface area contributed by atoms with E-state index in [0.717, 1.165) is 29.8 Å². The fourth-order valence-corrected chi connectivity index (χ4v) is 2.70. The van der Waals surface area contributed by atoms with Crippen LogP contribution in [0.5, 0.6) is 0 Å². The first-order valence-corrected chi connectivity index (χ1v) is 7.07. The monoisotopic (exact) mass is 268 g/mol. The van der Waals surface area contributed by atoms with Gasteiger partial charge < -0.3 is 9.47 Å². The smallest absolute Gasteiger partial charge is 0.168 e. The Balaban J connectivity index is 2.09. The van der Waals surface area contributed by atoms with Crippen molar-refractivity contribution in [2.75, 3.05) is 0 Å². The number of halogens is 1. The Labute approximate surface area is 114 Å². The molecule has 0 amide bonds. The zero-order chi connectivity index (χ0) is 13.2. The highest BCUT2D eigenvalue weighted by Crippen LogP contribution is 2.36. The van der Waals surface area contributed by atoms with Crippen molar-refractivity contribution in [3.8, 4) is 0 Å². The average molecular weight is 269 g/mol. The summed E-state index contributed by atoms with van der Waals surface area (Å²) in [6.45, 7) is 6.29. The summed E-state index contributed by atoms with van der Waals surface area (Å²) < 4.78 is 12.1. The van der Waals surface area contributed by atoms with E-state index in [1.54, 1.807) is 0 Å². The highest BCUT2D eigenvalue weighted by molar-refractivity contribution is 6.31. The lowest BCUT2D eigenvalue weighted by molar-refractivity contribution is -0.177. The Kier molecular flexibility index (Phi) is 4.31. The van der Waals surface area contributed by atoms with Crippen molar-refractivity contribution in [1.82, 2.24) is 0 Å². The highest BCUT2D eigenvalue weighted by Gasteiger charge is 2.43. The van der Waals surface area contributed by atoms with E-state index in [4.69, 9.17) is 21.1 Å². The summed E-state index contributed by atoms with van der Waals surface area (Å²) in [5, 5.41) is 0.804. The third-order valence-electron chi connectivity index (χ3n) is 3.75. The zero-order valence-corrected chi connectivity index (χ0v) is 12.0. The first-order chi connectivity index (χ1) is 8.60. The maximum Gasteiger partial charge on any atom is 0.168 e. The van der Waals surface area contributed by atoms with Crippen molar-refractivity contribution in [2.24, 2.45) is 0 Å². The number of rotatable bonds is 4. The fraction of sp³-hybridized carbons (Fsp3) is 0.600. The second-order valence-corrected chi connectivity index (χ2v) is 5.30. The van der Waals surface area contributed by atoms with Gasteiger partial charge in [0.15, 0.2) is 5.79 Å². The predicted molar refractivity (Wildman–Crippen MR) is 73.9 cm³/mol. The van der Waals surface area contributed by atoms with E-state index in [1.807, 2.05) is 18.2 Å². The van der Waals surface area contributed by atoms with E-state index in [1.165, 1.54) is 0 Å². The topological polar surface area (TPSA) is 18.5 Å². The summed E-state index contributed by atoms with van der Waals surface area (Å²) in [7, 11) is 0. The standard InChI is InChI=1S/C15H21ClO2/c1-4-15(5-2)17-11(3)14(18-15)10-12-8-6-7-9-13(12)16/h6-9,11,14H,4-5,10H2,1-3H3. The summed E-state index contributed by atoms with van der Waals surface area (Å²) in [4.78, 5) is 0. The lowest BCUT2D eigenvalue weighted by Crippen LogP contribution is -2.29. The van der Waals surface area contributed by atoms with Gasteiger partial charge in [0.2, 0.25) is 0 Å². The Morgan fingerprint density at radius 3 is 2.39 bits per heavy atom. The molecular weight excluding hydrogens is 248 g/mol. The Morgan fingerprint density at radius 2 is 1.83 bits per heavy atom. The number of hydrogen-bond donors (Lipinski definition) is 0. The second-order valence-electron chi connectivity index (χ2n) is 4.89. The van der Waals surface area contributed by atoms with Crippen LogP contribution >= 0.6 is 11.6 Å². The van der Waals surface area contributed by atoms with Gasteiger partial charge in [-0.3, -0.25) is 0 Å². The molecule has 0 aromatic heterocycles. The minimum atomic E-state index is -0.397. The molecule has 3 heteroatoms. The molecule has 2 atom stereocenters. The molecule has 2 nitrogen and oxygen atoms in total. The SMILES string of the molecule is CCC1(CC)OC(C)C(Cc2ccccc2Cl)O1. The van der Waals surface area contributed by atoms with Gasteiger partial charge in [-0.1, -0.05) is 43.6 Å². The van der Waals surface area contributed by atoms with Gasteiger partial charge >= 0.3 is 0 Å². The summed E-state index contributed by atoms with van der Waals surface area (Å²) in [5.41, 5.74) is 1.13. The van der Waals surface area contributed by atoms with Crippen molar-refractivity contribution in [2.45, 2.75) is 58.0 Å². The second kappa shape index (κ2) is 5.60. The number of benzene rings is 1. The van der Waals surface area contributed by atoms with E-state index in [-0.39, 0.29) is 12.2 Å². The van der Waals surface area contributed by atoms with Gasteiger partial charge in [-0.25, -0.2) is 0 Å². The van der Waals surface area contributed by atoms with Gasteiger partial charge in [-0.05, 0) is 31.4 Å². The zero-order valence-electron chi connectivity index (χ0n) is 11.3. The first kappa shape index (κ1) is 13.9. The van der Waals surface area contributed by atoms with Gasteiger partial charge in [-0.2, -0.15) is 0 Å². The predicted octanol–water partition coefficient (Wildman–Crippen LogP) is 4.20. The van der Waals surface area contributed by atoms with Crippen LogP contribution in [0.25, 0.3) is 0 Å². The summed E-state index contributed by atoms with van der Waals surface area (Å²) in [5.74, 6) is -0.397. The molecule has 18 heavy (non-hydrogen) atoms. The molecule has 1 heterocycles. The van der Waals surface area contributed by atoms with Crippen LogP contribution in [-0.4, -0.2) is 18.0 Å². The number of ether oxygens (including phenoxy) is 2. The molecule has 0 bridgehead atoms. The molecule has 1 aliphatic heterocycles. The molecule has 1 aromatic rings. The van der Waals surface area contributed by atoms with Crippen LogP contribution in [0.15, 0.2) is 24.3 Å². The van der Waals surface area contributed by atoms with Crippen molar-refractivity contribution < 1.29 is 9.47 Å². The normalized spacial score (nSPS) is 26.4. The molecule has 2 unspecified atom stereocenters. The minimum absolute atomic E-state index is 0.0878. The molecule has 2 rings (SSSR count). The van der Waals surface area contributed by atoms with Crippen LogP contribution in [0, 0.1) is 0 Å². The van der Waals surface area contributed by atoms with Gasteiger partial charge in [0.05, 0.1) is 12.2 Å². The van der Waals surface area contributed by atoms with E-state index in [0.29, 0.717) is 0 Å². The Morgan fingerprint density at radius 1 is 1.17 bits per heavy atom. The van der Waals surface area contributed by atoms with Crippen LogP contribution < -0.4 is 0 Å². The van der Waals surface area contributed by atoms with Crippen LogP contribution in [0.4, 0.5) is 0 Å². The molecule has 100 valence electrons. The molecule has 0 aliphatic carbocycles. The van der Waals surface area contributed by atoms with Crippen LogP contribution in [-0.2, 0) is 15.9 Å². The van der Waals surface area contributed by atoms with Gasteiger partial charge in [-0.15, -0.1) is 0 Å². The van der Waals surface area contributed by atoms with Crippen molar-refractivity contribution >= 4 is 11.6 Å². The van der Waals surface area contributed by atoms with Gasteiger partial charge in [0.1, 0.15) is 0 Å². The average Bonchev–Trinajstić information content (AvgIpc) is 2.70. The van der Waals surface area contributed by atoms with Gasteiger partial charge in [0, 0.05) is 11.4 Å². The third-order valence-corrected chi connectivity index (χ3v) is 4.12. The molecule has 1 saturated heterocycles. The fourth-order valence-electron chi connectivity index (χ4n) is 2.49. The summed E-state index contributed by atoms with van der Waals surface area (Å²) in [6.07, 6.45) is 2.77.